The first-order valence-electron chi connectivity index (χ1n) is 6.33. The summed E-state index contributed by atoms with van der Waals surface area (Å²) in [5.41, 5.74) is 7.43. The number of hydrogen-bond acceptors (Lipinski definition) is 3. The molecule has 2 rings (SSSR count). The van der Waals surface area contributed by atoms with Gasteiger partial charge in [-0.25, -0.2) is 5.43 Å². The first kappa shape index (κ1) is 13.6. The summed E-state index contributed by atoms with van der Waals surface area (Å²) < 4.78 is 5.47. The summed E-state index contributed by atoms with van der Waals surface area (Å²) in [4.78, 5) is 0. The van der Waals surface area contributed by atoms with Gasteiger partial charge in [-0.2, -0.15) is 0 Å². The number of ether oxygens (including phenoxy) is 1. The van der Waals surface area contributed by atoms with Crippen molar-refractivity contribution in [1.29, 1.82) is 0 Å². The molecule has 0 amide bonds. The minimum absolute atomic E-state index is 0.0737. The highest BCUT2D eigenvalue weighted by atomic mass is 16.5. The lowest BCUT2D eigenvalue weighted by Gasteiger charge is -2.20. The molecule has 0 aliphatic heterocycles. The van der Waals surface area contributed by atoms with Gasteiger partial charge in [-0.15, -0.1) is 0 Å². The molecule has 1 atom stereocenters. The van der Waals surface area contributed by atoms with E-state index in [4.69, 9.17) is 10.6 Å². The largest absolute Gasteiger partial charge is 0.496 e. The van der Waals surface area contributed by atoms with Gasteiger partial charge in [-0.3, -0.25) is 5.84 Å². The lowest BCUT2D eigenvalue weighted by Crippen LogP contribution is -2.29. The summed E-state index contributed by atoms with van der Waals surface area (Å²) in [6.07, 6.45) is 0. The Labute approximate surface area is 114 Å². The van der Waals surface area contributed by atoms with E-state index >= 15 is 0 Å². The van der Waals surface area contributed by atoms with Crippen molar-refractivity contribution in [1.82, 2.24) is 5.43 Å². The standard InChI is InChI=1S/C16H20N2O/c1-11-5-4-6-13(9-11)16(18-17)14-8-7-12(2)10-15(14)19-3/h4-10,16,18H,17H2,1-3H3. The van der Waals surface area contributed by atoms with E-state index in [1.807, 2.05) is 19.1 Å². The maximum Gasteiger partial charge on any atom is 0.124 e. The molecule has 0 bridgehead atoms. The maximum absolute atomic E-state index is 5.74. The van der Waals surface area contributed by atoms with Gasteiger partial charge in [0, 0.05) is 5.56 Å². The Kier molecular flexibility index (Phi) is 4.20. The normalized spacial score (nSPS) is 12.2. The van der Waals surface area contributed by atoms with E-state index in [0.717, 1.165) is 16.9 Å². The summed E-state index contributed by atoms with van der Waals surface area (Å²) in [6, 6.07) is 14.4. The van der Waals surface area contributed by atoms with Gasteiger partial charge in [0.1, 0.15) is 5.75 Å². The molecule has 0 aliphatic carbocycles. The average Bonchev–Trinajstić information content (AvgIpc) is 2.41. The van der Waals surface area contributed by atoms with Gasteiger partial charge < -0.3 is 4.74 Å². The Bertz CT molecular complexity index is 566. The number of hydrazine groups is 1. The van der Waals surface area contributed by atoms with Gasteiger partial charge in [-0.05, 0) is 31.0 Å². The van der Waals surface area contributed by atoms with Crippen LogP contribution in [0, 0.1) is 13.8 Å². The van der Waals surface area contributed by atoms with Crippen molar-refractivity contribution in [3.05, 3.63) is 64.7 Å². The molecule has 19 heavy (non-hydrogen) atoms. The second-order valence-electron chi connectivity index (χ2n) is 4.76. The molecule has 0 radical (unpaired) electrons. The molecule has 100 valence electrons. The molecule has 3 heteroatoms. The van der Waals surface area contributed by atoms with Crippen LogP contribution in [0.4, 0.5) is 0 Å². The molecule has 0 fully saturated rings. The summed E-state index contributed by atoms with van der Waals surface area (Å²) in [6.45, 7) is 4.12. The van der Waals surface area contributed by atoms with E-state index in [0.29, 0.717) is 0 Å². The third-order valence-corrected chi connectivity index (χ3v) is 3.24. The Morgan fingerprint density at radius 2 is 1.79 bits per heavy atom. The predicted octanol–water partition coefficient (Wildman–Crippen LogP) is 2.86. The lowest BCUT2D eigenvalue weighted by molar-refractivity contribution is 0.404. The monoisotopic (exact) mass is 256 g/mol. The van der Waals surface area contributed by atoms with Gasteiger partial charge in [0.25, 0.3) is 0 Å². The van der Waals surface area contributed by atoms with Crippen molar-refractivity contribution in [2.24, 2.45) is 5.84 Å². The van der Waals surface area contributed by atoms with Crippen LogP contribution in [-0.4, -0.2) is 7.11 Å². The Hall–Kier alpha value is -1.84. The van der Waals surface area contributed by atoms with Crippen molar-refractivity contribution in [2.45, 2.75) is 19.9 Å². The molecule has 1 unspecified atom stereocenters. The number of rotatable bonds is 4. The van der Waals surface area contributed by atoms with Crippen molar-refractivity contribution >= 4 is 0 Å². The van der Waals surface area contributed by atoms with Crippen LogP contribution in [-0.2, 0) is 0 Å². The highest BCUT2D eigenvalue weighted by molar-refractivity contribution is 5.44. The number of nitrogens with two attached hydrogens (primary N) is 1. The summed E-state index contributed by atoms with van der Waals surface area (Å²) >= 11 is 0. The van der Waals surface area contributed by atoms with Crippen molar-refractivity contribution in [3.63, 3.8) is 0 Å². The molecule has 0 saturated heterocycles. The first-order chi connectivity index (χ1) is 9.15. The van der Waals surface area contributed by atoms with Crippen LogP contribution in [0.3, 0.4) is 0 Å². The molecular formula is C16H20N2O. The highest BCUT2D eigenvalue weighted by Crippen LogP contribution is 2.30. The molecule has 3 N–H and O–H groups in total. The number of methoxy groups -OCH3 is 1. The van der Waals surface area contributed by atoms with Crippen LogP contribution in [0.15, 0.2) is 42.5 Å². The zero-order valence-corrected chi connectivity index (χ0v) is 11.6. The van der Waals surface area contributed by atoms with Gasteiger partial charge in [0.05, 0.1) is 13.2 Å². The molecule has 2 aromatic carbocycles. The van der Waals surface area contributed by atoms with E-state index in [1.54, 1.807) is 7.11 Å². The Balaban J connectivity index is 2.48. The van der Waals surface area contributed by atoms with E-state index < -0.39 is 0 Å². The molecule has 3 nitrogen and oxygen atoms in total. The van der Waals surface area contributed by atoms with E-state index in [-0.39, 0.29) is 6.04 Å². The number of benzene rings is 2. The Morgan fingerprint density at radius 1 is 1.05 bits per heavy atom. The first-order valence-corrected chi connectivity index (χ1v) is 6.33. The third-order valence-electron chi connectivity index (χ3n) is 3.24. The highest BCUT2D eigenvalue weighted by Gasteiger charge is 2.16. The second-order valence-corrected chi connectivity index (χ2v) is 4.76. The topological polar surface area (TPSA) is 47.3 Å². The van der Waals surface area contributed by atoms with Crippen molar-refractivity contribution in [2.75, 3.05) is 7.11 Å². The number of aryl methyl sites for hydroxylation is 2. The summed E-state index contributed by atoms with van der Waals surface area (Å²) in [5, 5.41) is 0. The molecule has 0 heterocycles. The summed E-state index contributed by atoms with van der Waals surface area (Å²) in [5.74, 6) is 6.59. The zero-order valence-electron chi connectivity index (χ0n) is 11.6. The number of nitrogens with one attached hydrogen (secondary N) is 1. The smallest absolute Gasteiger partial charge is 0.124 e. The fraction of sp³-hybridized carbons (Fsp3) is 0.250. The second kappa shape index (κ2) is 5.87. The van der Waals surface area contributed by atoms with E-state index in [2.05, 4.69) is 42.7 Å². The van der Waals surface area contributed by atoms with Crippen molar-refractivity contribution in [3.8, 4) is 5.75 Å². The van der Waals surface area contributed by atoms with Crippen LogP contribution in [0.25, 0.3) is 0 Å². The molecule has 0 aromatic heterocycles. The zero-order chi connectivity index (χ0) is 13.8. The minimum Gasteiger partial charge on any atom is -0.496 e. The molecule has 0 aliphatic rings. The van der Waals surface area contributed by atoms with E-state index in [1.165, 1.54) is 11.1 Å². The molecule has 2 aromatic rings. The fourth-order valence-corrected chi connectivity index (χ4v) is 2.27. The Morgan fingerprint density at radius 3 is 2.42 bits per heavy atom. The molecule has 0 saturated carbocycles. The molecular weight excluding hydrogens is 236 g/mol. The number of hydrogen-bond donors (Lipinski definition) is 2. The SMILES string of the molecule is COc1cc(C)ccc1C(NN)c1cccc(C)c1. The van der Waals surface area contributed by atoms with Crippen LogP contribution >= 0.6 is 0 Å². The van der Waals surface area contributed by atoms with Gasteiger partial charge in [0.15, 0.2) is 0 Å². The van der Waals surface area contributed by atoms with Crippen LogP contribution in [0.2, 0.25) is 0 Å². The molecule has 0 spiro atoms. The van der Waals surface area contributed by atoms with Gasteiger partial charge in [0.2, 0.25) is 0 Å². The van der Waals surface area contributed by atoms with E-state index in [9.17, 15) is 0 Å². The average molecular weight is 256 g/mol. The fourth-order valence-electron chi connectivity index (χ4n) is 2.27. The quantitative estimate of drug-likeness (QED) is 0.653. The van der Waals surface area contributed by atoms with Crippen molar-refractivity contribution < 1.29 is 4.74 Å². The van der Waals surface area contributed by atoms with Crippen LogP contribution in [0.1, 0.15) is 28.3 Å². The lowest BCUT2D eigenvalue weighted by atomic mass is 9.96. The van der Waals surface area contributed by atoms with Gasteiger partial charge >= 0.3 is 0 Å². The van der Waals surface area contributed by atoms with Crippen LogP contribution in [0.5, 0.6) is 5.75 Å². The predicted molar refractivity (Wildman–Crippen MR) is 78.1 cm³/mol. The summed E-state index contributed by atoms with van der Waals surface area (Å²) in [7, 11) is 1.68. The third kappa shape index (κ3) is 2.95. The van der Waals surface area contributed by atoms with Gasteiger partial charge in [-0.1, -0.05) is 42.0 Å². The van der Waals surface area contributed by atoms with Crippen LogP contribution < -0.4 is 16.0 Å². The maximum atomic E-state index is 5.74. The minimum atomic E-state index is -0.0737.